The van der Waals surface area contributed by atoms with E-state index >= 15 is 0 Å². The van der Waals surface area contributed by atoms with Gasteiger partial charge in [-0.25, -0.2) is 9.37 Å². The summed E-state index contributed by atoms with van der Waals surface area (Å²) in [6, 6.07) is 14.4. The van der Waals surface area contributed by atoms with E-state index < -0.39 is 5.82 Å². The fourth-order valence-corrected chi connectivity index (χ4v) is 4.35. The summed E-state index contributed by atoms with van der Waals surface area (Å²) >= 11 is 1.44. The molecule has 1 heterocycles. The molecule has 132 valence electrons. The number of aromatic nitrogens is 1. The largest absolute Gasteiger partial charge is 0.323 e. The van der Waals surface area contributed by atoms with E-state index in [2.05, 4.69) is 11.4 Å². The summed E-state index contributed by atoms with van der Waals surface area (Å²) in [7, 11) is 0. The number of pyridine rings is 1. The number of benzene rings is 2. The van der Waals surface area contributed by atoms with Crippen LogP contribution in [0.1, 0.15) is 24.0 Å². The molecule has 1 amide bonds. The standard InChI is InChI=1S/C21H19FN2OS/c22-17-10-4-6-12-19(17)23-20(25)13-26-21-16-9-2-1-7-14(16)15-8-3-5-11-18(15)24-21/h3-6,8,10-12H,1-2,7,9,13H2,(H,23,25). The Morgan fingerprint density at radius 3 is 2.62 bits per heavy atom. The molecule has 26 heavy (non-hydrogen) atoms. The molecule has 0 spiro atoms. The third-order valence-corrected chi connectivity index (χ3v) is 5.68. The molecule has 0 saturated heterocycles. The van der Waals surface area contributed by atoms with Crippen LogP contribution < -0.4 is 5.32 Å². The summed E-state index contributed by atoms with van der Waals surface area (Å²) in [5.74, 6) is -0.432. The number of nitrogens with zero attached hydrogens (tertiary/aromatic N) is 1. The fourth-order valence-electron chi connectivity index (χ4n) is 3.44. The lowest BCUT2D eigenvalue weighted by atomic mass is 9.90. The summed E-state index contributed by atoms with van der Waals surface area (Å²) in [5, 5.41) is 4.79. The number of hydrogen-bond acceptors (Lipinski definition) is 3. The Morgan fingerprint density at radius 1 is 1.04 bits per heavy atom. The number of para-hydroxylation sites is 2. The van der Waals surface area contributed by atoms with Crippen LogP contribution in [0.5, 0.6) is 0 Å². The molecule has 0 atom stereocenters. The molecular weight excluding hydrogens is 347 g/mol. The van der Waals surface area contributed by atoms with Gasteiger partial charge in [-0.2, -0.15) is 0 Å². The number of anilines is 1. The molecule has 4 rings (SSSR count). The highest BCUT2D eigenvalue weighted by molar-refractivity contribution is 8.00. The van der Waals surface area contributed by atoms with Crippen molar-refractivity contribution in [1.29, 1.82) is 0 Å². The number of thioether (sulfide) groups is 1. The first kappa shape index (κ1) is 17.0. The average Bonchev–Trinajstić information content (AvgIpc) is 2.68. The minimum atomic E-state index is -0.424. The van der Waals surface area contributed by atoms with Gasteiger partial charge in [0.15, 0.2) is 0 Å². The van der Waals surface area contributed by atoms with Crippen molar-refractivity contribution in [3.63, 3.8) is 0 Å². The normalized spacial score (nSPS) is 13.4. The van der Waals surface area contributed by atoms with Gasteiger partial charge < -0.3 is 5.32 Å². The van der Waals surface area contributed by atoms with Crippen LogP contribution in [0.25, 0.3) is 10.9 Å². The van der Waals surface area contributed by atoms with Crippen molar-refractivity contribution in [2.45, 2.75) is 30.7 Å². The molecule has 1 aromatic heterocycles. The lowest BCUT2D eigenvalue weighted by molar-refractivity contribution is -0.113. The smallest absolute Gasteiger partial charge is 0.234 e. The second-order valence-corrected chi connectivity index (χ2v) is 7.38. The van der Waals surface area contributed by atoms with Gasteiger partial charge in [0.05, 0.1) is 17.0 Å². The Labute approximate surface area is 156 Å². The Hall–Kier alpha value is -2.40. The highest BCUT2D eigenvalue weighted by Gasteiger charge is 2.19. The molecule has 3 aromatic rings. The molecule has 2 aromatic carbocycles. The third-order valence-electron chi connectivity index (χ3n) is 4.67. The molecule has 0 bridgehead atoms. The predicted octanol–water partition coefficient (Wildman–Crippen LogP) is 4.98. The second-order valence-electron chi connectivity index (χ2n) is 6.42. The summed E-state index contributed by atoms with van der Waals surface area (Å²) < 4.78 is 13.7. The fraction of sp³-hybridized carbons (Fsp3) is 0.238. The van der Waals surface area contributed by atoms with Crippen molar-refractivity contribution in [3.05, 3.63) is 65.5 Å². The number of aryl methyl sites for hydroxylation is 1. The Kier molecular flexibility index (Phi) is 4.89. The van der Waals surface area contributed by atoms with Gasteiger partial charge in [-0.3, -0.25) is 4.79 Å². The number of halogens is 1. The zero-order valence-corrected chi connectivity index (χ0v) is 15.1. The second kappa shape index (κ2) is 7.46. The van der Waals surface area contributed by atoms with Gasteiger partial charge >= 0.3 is 0 Å². The molecule has 0 fully saturated rings. The number of rotatable bonds is 4. The molecule has 0 unspecified atom stereocenters. The maximum atomic E-state index is 13.7. The van der Waals surface area contributed by atoms with Crippen LogP contribution in [0.15, 0.2) is 53.6 Å². The average molecular weight is 366 g/mol. The molecule has 3 nitrogen and oxygen atoms in total. The van der Waals surface area contributed by atoms with E-state index in [0.29, 0.717) is 0 Å². The van der Waals surface area contributed by atoms with Crippen molar-refractivity contribution in [1.82, 2.24) is 4.98 Å². The predicted molar refractivity (Wildman–Crippen MR) is 104 cm³/mol. The van der Waals surface area contributed by atoms with E-state index in [4.69, 9.17) is 4.98 Å². The number of carbonyl (C=O) groups is 1. The highest BCUT2D eigenvalue weighted by Crippen LogP contribution is 2.34. The number of nitrogens with one attached hydrogen (secondary N) is 1. The number of carbonyl (C=O) groups excluding carboxylic acids is 1. The Bertz CT molecular complexity index is 973. The van der Waals surface area contributed by atoms with E-state index in [1.165, 1.54) is 40.8 Å². The van der Waals surface area contributed by atoms with Crippen LogP contribution in [0.2, 0.25) is 0 Å². The minimum Gasteiger partial charge on any atom is -0.323 e. The molecule has 5 heteroatoms. The first-order chi connectivity index (χ1) is 12.7. The summed E-state index contributed by atoms with van der Waals surface area (Å²) in [5.41, 5.74) is 3.84. The minimum absolute atomic E-state index is 0.214. The lowest BCUT2D eigenvalue weighted by Crippen LogP contribution is -2.16. The van der Waals surface area contributed by atoms with E-state index in [9.17, 15) is 9.18 Å². The van der Waals surface area contributed by atoms with E-state index in [1.54, 1.807) is 18.2 Å². The van der Waals surface area contributed by atoms with Crippen molar-refractivity contribution >= 4 is 34.3 Å². The lowest BCUT2D eigenvalue weighted by Gasteiger charge is -2.20. The molecular formula is C21H19FN2OS. The van der Waals surface area contributed by atoms with E-state index in [-0.39, 0.29) is 17.3 Å². The van der Waals surface area contributed by atoms with Crippen molar-refractivity contribution in [3.8, 4) is 0 Å². The van der Waals surface area contributed by atoms with Gasteiger partial charge in [-0.05, 0) is 55.0 Å². The van der Waals surface area contributed by atoms with E-state index in [0.717, 1.165) is 29.8 Å². The van der Waals surface area contributed by atoms with Gasteiger partial charge in [0, 0.05) is 5.39 Å². The molecule has 1 aliphatic rings. The topological polar surface area (TPSA) is 42.0 Å². The van der Waals surface area contributed by atoms with Crippen molar-refractivity contribution in [2.75, 3.05) is 11.1 Å². The van der Waals surface area contributed by atoms with Crippen LogP contribution in [-0.2, 0) is 17.6 Å². The molecule has 1 aliphatic carbocycles. The molecule has 1 N–H and O–H groups in total. The van der Waals surface area contributed by atoms with Crippen LogP contribution >= 0.6 is 11.8 Å². The SMILES string of the molecule is O=C(CSc1nc2ccccc2c2c1CCCC2)Nc1ccccc1F. The molecule has 0 aliphatic heterocycles. The Morgan fingerprint density at radius 2 is 1.77 bits per heavy atom. The van der Waals surface area contributed by atoms with Crippen LogP contribution in [0.3, 0.4) is 0 Å². The van der Waals surface area contributed by atoms with Crippen LogP contribution in [-0.4, -0.2) is 16.6 Å². The van der Waals surface area contributed by atoms with Crippen molar-refractivity contribution in [2.24, 2.45) is 0 Å². The maximum absolute atomic E-state index is 13.7. The van der Waals surface area contributed by atoms with Gasteiger partial charge in [0.2, 0.25) is 5.91 Å². The summed E-state index contributed by atoms with van der Waals surface area (Å²) in [6.45, 7) is 0. The molecule has 0 saturated carbocycles. The Balaban J connectivity index is 1.55. The maximum Gasteiger partial charge on any atom is 0.234 e. The highest BCUT2D eigenvalue weighted by atomic mass is 32.2. The monoisotopic (exact) mass is 366 g/mol. The number of amides is 1. The first-order valence-corrected chi connectivity index (χ1v) is 9.78. The number of hydrogen-bond donors (Lipinski definition) is 1. The summed E-state index contributed by atoms with van der Waals surface area (Å²) in [6.07, 6.45) is 4.42. The van der Waals surface area contributed by atoms with E-state index in [1.807, 2.05) is 18.2 Å². The molecule has 0 radical (unpaired) electrons. The van der Waals surface area contributed by atoms with Crippen LogP contribution in [0.4, 0.5) is 10.1 Å². The van der Waals surface area contributed by atoms with Crippen molar-refractivity contribution < 1.29 is 9.18 Å². The van der Waals surface area contributed by atoms with Gasteiger partial charge in [0.1, 0.15) is 10.8 Å². The summed E-state index contributed by atoms with van der Waals surface area (Å²) in [4.78, 5) is 17.0. The van der Waals surface area contributed by atoms with Gasteiger partial charge in [-0.1, -0.05) is 42.1 Å². The first-order valence-electron chi connectivity index (χ1n) is 8.80. The van der Waals surface area contributed by atoms with Gasteiger partial charge in [-0.15, -0.1) is 0 Å². The zero-order valence-electron chi connectivity index (χ0n) is 14.3. The van der Waals surface area contributed by atoms with Crippen LogP contribution in [0, 0.1) is 5.82 Å². The quantitative estimate of drug-likeness (QED) is 0.662. The third kappa shape index (κ3) is 3.44. The zero-order chi connectivity index (χ0) is 17.9. The van der Waals surface area contributed by atoms with Gasteiger partial charge in [0.25, 0.3) is 0 Å². The number of fused-ring (bicyclic) bond motifs is 3.